The van der Waals surface area contributed by atoms with Crippen molar-refractivity contribution in [2.75, 3.05) is 6.61 Å². The molecule has 1 aliphatic rings. The third-order valence-electron chi connectivity index (χ3n) is 3.60. The van der Waals surface area contributed by atoms with Gasteiger partial charge in [0.1, 0.15) is 0 Å². The van der Waals surface area contributed by atoms with Crippen LogP contribution < -0.4 is 0 Å². The summed E-state index contributed by atoms with van der Waals surface area (Å²) < 4.78 is 5.72. The largest absolute Gasteiger partial charge is 0.478 e. The monoisotopic (exact) mass is 240 g/mol. The van der Waals surface area contributed by atoms with Gasteiger partial charge in [0.25, 0.3) is 0 Å². The van der Waals surface area contributed by atoms with Gasteiger partial charge in [-0.15, -0.1) is 0 Å². The van der Waals surface area contributed by atoms with Gasteiger partial charge in [-0.25, -0.2) is 4.79 Å². The molecule has 3 heteroatoms. The maximum Gasteiger partial charge on any atom is 0.331 e. The van der Waals surface area contributed by atoms with E-state index in [-0.39, 0.29) is 0 Å². The second-order valence-corrected chi connectivity index (χ2v) is 5.58. The summed E-state index contributed by atoms with van der Waals surface area (Å²) in [5, 5.41) is 8.85. The molecule has 0 aromatic rings. The fraction of sp³-hybridized carbons (Fsp3) is 0.786. The van der Waals surface area contributed by atoms with Crippen LogP contribution >= 0.6 is 0 Å². The van der Waals surface area contributed by atoms with Gasteiger partial charge in [0, 0.05) is 5.57 Å². The van der Waals surface area contributed by atoms with E-state index in [1.54, 1.807) is 6.08 Å². The first-order valence-electron chi connectivity index (χ1n) is 6.48. The molecule has 1 N–H and O–H groups in total. The fourth-order valence-electron chi connectivity index (χ4n) is 2.21. The zero-order chi connectivity index (χ0) is 12.9. The first-order valence-corrected chi connectivity index (χ1v) is 6.48. The average molecular weight is 240 g/mol. The SMILES string of the molecule is CCC(=CCOC1CCC(C)(C)CC1)C(=O)O. The Morgan fingerprint density at radius 3 is 2.47 bits per heavy atom. The molecule has 1 rings (SSSR count). The van der Waals surface area contributed by atoms with E-state index in [1.165, 1.54) is 12.8 Å². The number of hydrogen-bond acceptors (Lipinski definition) is 2. The van der Waals surface area contributed by atoms with E-state index in [9.17, 15) is 4.79 Å². The zero-order valence-electron chi connectivity index (χ0n) is 11.2. The summed E-state index contributed by atoms with van der Waals surface area (Å²) in [6, 6.07) is 0. The molecule has 98 valence electrons. The summed E-state index contributed by atoms with van der Waals surface area (Å²) in [5.41, 5.74) is 0.895. The highest BCUT2D eigenvalue weighted by Crippen LogP contribution is 2.36. The summed E-state index contributed by atoms with van der Waals surface area (Å²) in [6.45, 7) is 6.87. The van der Waals surface area contributed by atoms with E-state index in [2.05, 4.69) is 13.8 Å². The minimum absolute atomic E-state index is 0.311. The summed E-state index contributed by atoms with van der Waals surface area (Å²) in [4.78, 5) is 10.8. The number of aliphatic carboxylic acids is 1. The third-order valence-corrected chi connectivity index (χ3v) is 3.60. The van der Waals surface area contributed by atoms with Gasteiger partial charge in [0.05, 0.1) is 12.7 Å². The minimum Gasteiger partial charge on any atom is -0.478 e. The molecule has 0 aromatic heterocycles. The van der Waals surface area contributed by atoms with Gasteiger partial charge >= 0.3 is 5.97 Å². The fourth-order valence-corrected chi connectivity index (χ4v) is 2.21. The molecule has 0 radical (unpaired) electrons. The lowest BCUT2D eigenvalue weighted by molar-refractivity contribution is -0.132. The molecule has 0 unspecified atom stereocenters. The molecule has 0 aliphatic heterocycles. The van der Waals surface area contributed by atoms with Crippen LogP contribution in [-0.2, 0) is 9.53 Å². The number of carboxylic acid groups (broad SMARTS) is 1. The Bertz CT molecular complexity index is 282. The van der Waals surface area contributed by atoms with Crippen LogP contribution in [0.15, 0.2) is 11.6 Å². The van der Waals surface area contributed by atoms with Gasteiger partial charge in [0.2, 0.25) is 0 Å². The maximum absolute atomic E-state index is 10.8. The molecular formula is C14H24O3. The Balaban J connectivity index is 2.30. The van der Waals surface area contributed by atoms with E-state index in [1.807, 2.05) is 6.92 Å². The first kappa shape index (κ1) is 14.2. The molecule has 17 heavy (non-hydrogen) atoms. The molecule has 3 nitrogen and oxygen atoms in total. The van der Waals surface area contributed by atoms with E-state index >= 15 is 0 Å². The van der Waals surface area contributed by atoms with Gasteiger partial charge in [-0.1, -0.05) is 20.8 Å². The topological polar surface area (TPSA) is 46.5 Å². The number of carboxylic acids is 1. The third kappa shape index (κ3) is 4.90. The predicted molar refractivity (Wildman–Crippen MR) is 68.0 cm³/mol. The minimum atomic E-state index is -0.833. The summed E-state index contributed by atoms with van der Waals surface area (Å²) in [5.74, 6) is -0.833. The van der Waals surface area contributed by atoms with Gasteiger partial charge in [0.15, 0.2) is 0 Å². The highest BCUT2D eigenvalue weighted by Gasteiger charge is 2.26. The van der Waals surface area contributed by atoms with Crippen LogP contribution in [0.25, 0.3) is 0 Å². The van der Waals surface area contributed by atoms with E-state index in [4.69, 9.17) is 9.84 Å². The molecule has 0 aromatic carbocycles. The lowest BCUT2D eigenvalue weighted by atomic mass is 9.76. The zero-order valence-corrected chi connectivity index (χ0v) is 11.2. The highest BCUT2D eigenvalue weighted by atomic mass is 16.5. The van der Waals surface area contributed by atoms with Crippen molar-refractivity contribution in [3.63, 3.8) is 0 Å². The Kier molecular flexibility index (Phi) is 5.19. The van der Waals surface area contributed by atoms with Crippen molar-refractivity contribution >= 4 is 5.97 Å². The van der Waals surface area contributed by atoms with Gasteiger partial charge in [-0.3, -0.25) is 0 Å². The molecule has 0 bridgehead atoms. The molecule has 0 spiro atoms. The van der Waals surface area contributed by atoms with Crippen molar-refractivity contribution in [1.82, 2.24) is 0 Å². The average Bonchev–Trinajstić information content (AvgIpc) is 2.26. The number of carbonyl (C=O) groups is 1. The van der Waals surface area contributed by atoms with Crippen molar-refractivity contribution in [1.29, 1.82) is 0 Å². The Hall–Kier alpha value is -0.830. The van der Waals surface area contributed by atoms with Gasteiger partial charge in [-0.05, 0) is 43.6 Å². The van der Waals surface area contributed by atoms with Crippen molar-refractivity contribution in [3.05, 3.63) is 11.6 Å². The van der Waals surface area contributed by atoms with Crippen molar-refractivity contribution in [2.45, 2.75) is 59.0 Å². The van der Waals surface area contributed by atoms with Crippen LogP contribution in [-0.4, -0.2) is 23.8 Å². The van der Waals surface area contributed by atoms with Crippen molar-refractivity contribution in [3.8, 4) is 0 Å². The quantitative estimate of drug-likeness (QED) is 0.749. The van der Waals surface area contributed by atoms with Crippen LogP contribution in [0.1, 0.15) is 52.9 Å². The van der Waals surface area contributed by atoms with E-state index < -0.39 is 5.97 Å². The van der Waals surface area contributed by atoms with Crippen LogP contribution in [0.2, 0.25) is 0 Å². The molecule has 1 aliphatic carbocycles. The molecule has 1 fully saturated rings. The molecular weight excluding hydrogens is 216 g/mol. The van der Waals surface area contributed by atoms with Crippen LogP contribution in [0, 0.1) is 5.41 Å². The van der Waals surface area contributed by atoms with E-state index in [0.717, 1.165) is 12.8 Å². The second kappa shape index (κ2) is 6.20. The lowest BCUT2D eigenvalue weighted by Gasteiger charge is -2.34. The number of ether oxygens (including phenoxy) is 1. The van der Waals surface area contributed by atoms with Gasteiger partial charge in [-0.2, -0.15) is 0 Å². The predicted octanol–water partition coefficient (Wildman–Crippen LogP) is 3.39. The Morgan fingerprint density at radius 1 is 1.41 bits per heavy atom. The van der Waals surface area contributed by atoms with Crippen LogP contribution in [0.5, 0.6) is 0 Å². The van der Waals surface area contributed by atoms with Crippen LogP contribution in [0.4, 0.5) is 0 Å². The Morgan fingerprint density at radius 2 is 2.00 bits per heavy atom. The number of rotatable bonds is 5. The second-order valence-electron chi connectivity index (χ2n) is 5.58. The first-order chi connectivity index (χ1) is 7.94. The van der Waals surface area contributed by atoms with E-state index in [0.29, 0.717) is 30.1 Å². The van der Waals surface area contributed by atoms with Gasteiger partial charge < -0.3 is 9.84 Å². The summed E-state index contributed by atoms with van der Waals surface area (Å²) in [6.07, 6.45) is 7.14. The molecule has 1 saturated carbocycles. The molecule has 0 saturated heterocycles. The lowest BCUT2D eigenvalue weighted by Crippen LogP contribution is -2.26. The molecule has 0 heterocycles. The van der Waals surface area contributed by atoms with Crippen molar-refractivity contribution < 1.29 is 14.6 Å². The summed E-state index contributed by atoms with van der Waals surface area (Å²) in [7, 11) is 0. The molecule has 0 atom stereocenters. The smallest absolute Gasteiger partial charge is 0.331 e. The highest BCUT2D eigenvalue weighted by molar-refractivity contribution is 5.86. The standard InChI is InChI=1S/C14H24O3/c1-4-11(13(15)16)7-10-17-12-5-8-14(2,3)9-6-12/h7,12H,4-6,8-10H2,1-3H3,(H,15,16). The number of hydrogen-bond donors (Lipinski definition) is 1. The normalized spacial score (nSPS) is 21.5. The molecule has 0 amide bonds. The maximum atomic E-state index is 10.8. The summed E-state index contributed by atoms with van der Waals surface area (Å²) >= 11 is 0. The van der Waals surface area contributed by atoms with Crippen molar-refractivity contribution in [2.24, 2.45) is 5.41 Å². The van der Waals surface area contributed by atoms with Crippen LogP contribution in [0.3, 0.4) is 0 Å². The Labute approximate surface area is 104 Å².